The fourth-order valence-corrected chi connectivity index (χ4v) is 2.82. The van der Waals surface area contributed by atoms with E-state index in [4.69, 9.17) is 23.2 Å². The molecule has 1 N–H and O–H groups in total. The lowest BCUT2D eigenvalue weighted by atomic mass is 10.2. The van der Waals surface area contributed by atoms with Crippen molar-refractivity contribution in [2.75, 3.05) is 5.32 Å². The number of hydrogen-bond donors (Lipinski definition) is 1. The number of nitrogens with zero attached hydrogens (tertiary/aromatic N) is 4. The van der Waals surface area contributed by atoms with E-state index in [-0.39, 0.29) is 5.91 Å². The van der Waals surface area contributed by atoms with Crippen molar-refractivity contribution in [3.63, 3.8) is 0 Å². The summed E-state index contributed by atoms with van der Waals surface area (Å²) in [4.78, 5) is 12.4. The predicted octanol–water partition coefficient (Wildman–Crippen LogP) is 3.94. The number of carbonyl (C=O) groups excluding carboxylic acids is 1. The topological polar surface area (TPSA) is 64.7 Å². The third kappa shape index (κ3) is 4.03. The number of nitrogens with one attached hydrogen (secondary N) is 1. The van der Waals surface area contributed by atoms with Crippen LogP contribution >= 0.6 is 23.2 Å². The van der Waals surface area contributed by atoms with Crippen molar-refractivity contribution in [1.82, 2.24) is 19.6 Å². The Kier molecular flexibility index (Phi) is 5.11. The maximum absolute atomic E-state index is 12.4. The number of benzene rings is 1. The largest absolute Gasteiger partial charge is 0.307 e. The molecule has 0 aliphatic heterocycles. The fraction of sp³-hybridized carbons (Fsp3) is 0.235. The molecule has 130 valence electrons. The molecule has 1 amide bonds. The van der Waals surface area contributed by atoms with Crippen LogP contribution in [0.3, 0.4) is 0 Å². The number of aromatic nitrogens is 4. The van der Waals surface area contributed by atoms with Gasteiger partial charge in [-0.2, -0.15) is 10.2 Å². The average Bonchev–Trinajstić information content (AvgIpc) is 3.14. The van der Waals surface area contributed by atoms with Crippen molar-refractivity contribution >= 4 is 34.9 Å². The molecule has 2 aromatic heterocycles. The minimum absolute atomic E-state index is 0.212. The number of hydrogen-bond acceptors (Lipinski definition) is 3. The lowest BCUT2D eigenvalue weighted by Crippen LogP contribution is -2.25. The molecule has 0 saturated heterocycles. The first-order valence-electron chi connectivity index (χ1n) is 7.72. The van der Waals surface area contributed by atoms with Gasteiger partial charge in [-0.1, -0.05) is 35.3 Å². The number of anilines is 1. The maximum Gasteiger partial charge on any atom is 0.250 e. The van der Waals surface area contributed by atoms with Crippen molar-refractivity contribution < 1.29 is 4.79 Å². The Bertz CT molecular complexity index is 902. The van der Waals surface area contributed by atoms with Gasteiger partial charge in [0.05, 0.1) is 23.5 Å². The van der Waals surface area contributed by atoms with Crippen LogP contribution in [0.1, 0.15) is 24.2 Å². The van der Waals surface area contributed by atoms with Gasteiger partial charge in [0.15, 0.2) is 5.82 Å². The fourth-order valence-electron chi connectivity index (χ4n) is 2.47. The highest BCUT2D eigenvalue weighted by Crippen LogP contribution is 2.19. The van der Waals surface area contributed by atoms with Gasteiger partial charge >= 0.3 is 0 Å². The molecule has 0 radical (unpaired) electrons. The van der Waals surface area contributed by atoms with Gasteiger partial charge in [0.2, 0.25) is 5.91 Å². The quantitative estimate of drug-likeness (QED) is 0.731. The first kappa shape index (κ1) is 17.5. The number of halogens is 2. The summed E-state index contributed by atoms with van der Waals surface area (Å²) in [6, 6.07) is 8.82. The lowest BCUT2D eigenvalue weighted by molar-refractivity contribution is -0.119. The smallest absolute Gasteiger partial charge is 0.250 e. The molecule has 0 bridgehead atoms. The van der Waals surface area contributed by atoms with Gasteiger partial charge in [-0.05, 0) is 31.5 Å². The molecular formula is C17H17Cl2N5O. The highest BCUT2D eigenvalue weighted by atomic mass is 35.5. The number of carbonyl (C=O) groups is 1. The molecule has 0 spiro atoms. The van der Waals surface area contributed by atoms with Crippen molar-refractivity contribution in [2.24, 2.45) is 0 Å². The summed E-state index contributed by atoms with van der Waals surface area (Å²) in [6.45, 7) is 4.15. The second-order valence-electron chi connectivity index (χ2n) is 5.72. The monoisotopic (exact) mass is 377 g/mol. The summed E-state index contributed by atoms with van der Waals surface area (Å²) in [5.41, 5.74) is 1.78. The van der Waals surface area contributed by atoms with E-state index < -0.39 is 6.04 Å². The summed E-state index contributed by atoms with van der Waals surface area (Å²) in [5.74, 6) is 0.269. The molecule has 3 aromatic rings. The van der Waals surface area contributed by atoms with Crippen LogP contribution < -0.4 is 5.32 Å². The van der Waals surface area contributed by atoms with Gasteiger partial charge < -0.3 is 5.32 Å². The van der Waals surface area contributed by atoms with E-state index in [0.29, 0.717) is 22.4 Å². The molecule has 25 heavy (non-hydrogen) atoms. The Morgan fingerprint density at radius 3 is 2.80 bits per heavy atom. The zero-order valence-electron chi connectivity index (χ0n) is 13.8. The van der Waals surface area contributed by atoms with Gasteiger partial charge in [0, 0.05) is 17.3 Å². The van der Waals surface area contributed by atoms with E-state index >= 15 is 0 Å². The summed E-state index contributed by atoms with van der Waals surface area (Å²) in [5, 5.41) is 12.5. The Labute approximate surface area is 155 Å². The Balaban J connectivity index is 1.66. The van der Waals surface area contributed by atoms with E-state index in [1.54, 1.807) is 28.6 Å². The highest BCUT2D eigenvalue weighted by Gasteiger charge is 2.19. The second kappa shape index (κ2) is 7.29. The van der Waals surface area contributed by atoms with E-state index in [9.17, 15) is 4.79 Å². The first-order chi connectivity index (χ1) is 11.9. The van der Waals surface area contributed by atoms with Crippen LogP contribution in [0.5, 0.6) is 0 Å². The summed E-state index contributed by atoms with van der Waals surface area (Å²) < 4.78 is 3.32. The lowest BCUT2D eigenvalue weighted by Gasteiger charge is -2.13. The molecule has 1 atom stereocenters. The van der Waals surface area contributed by atoms with Crippen LogP contribution in [0, 0.1) is 6.92 Å². The van der Waals surface area contributed by atoms with Crippen LogP contribution in [0.15, 0.2) is 42.7 Å². The standard InChI is InChI=1S/C17H17Cl2N5O/c1-11-15(19)9-20-24(11)12(2)17(25)21-16-6-7-23(22-16)10-13-4-3-5-14(18)8-13/h3-9,12H,10H2,1-2H3,(H,21,22,25). The summed E-state index contributed by atoms with van der Waals surface area (Å²) >= 11 is 12.0. The average molecular weight is 378 g/mol. The third-order valence-electron chi connectivity index (χ3n) is 3.86. The van der Waals surface area contributed by atoms with Gasteiger partial charge in [-0.25, -0.2) is 0 Å². The number of amides is 1. The van der Waals surface area contributed by atoms with Crippen molar-refractivity contribution in [2.45, 2.75) is 26.4 Å². The van der Waals surface area contributed by atoms with Gasteiger partial charge in [0.1, 0.15) is 6.04 Å². The molecule has 6 nitrogen and oxygen atoms in total. The van der Waals surface area contributed by atoms with Crippen LogP contribution in [0.4, 0.5) is 5.82 Å². The highest BCUT2D eigenvalue weighted by molar-refractivity contribution is 6.31. The molecule has 2 heterocycles. The normalized spacial score (nSPS) is 12.2. The first-order valence-corrected chi connectivity index (χ1v) is 8.48. The van der Waals surface area contributed by atoms with Crippen LogP contribution in [-0.4, -0.2) is 25.5 Å². The van der Waals surface area contributed by atoms with E-state index in [1.165, 1.54) is 6.20 Å². The molecule has 0 aliphatic carbocycles. The van der Waals surface area contributed by atoms with Crippen LogP contribution in [0.25, 0.3) is 0 Å². The van der Waals surface area contributed by atoms with E-state index in [2.05, 4.69) is 15.5 Å². The zero-order chi connectivity index (χ0) is 18.0. The molecule has 0 fully saturated rings. The van der Waals surface area contributed by atoms with Gasteiger partial charge in [-0.15, -0.1) is 0 Å². The summed E-state index contributed by atoms with van der Waals surface area (Å²) in [6.07, 6.45) is 3.33. The molecule has 1 aromatic carbocycles. The van der Waals surface area contributed by atoms with Crippen molar-refractivity contribution in [3.8, 4) is 0 Å². The van der Waals surface area contributed by atoms with Crippen LogP contribution in [-0.2, 0) is 11.3 Å². The van der Waals surface area contributed by atoms with Gasteiger partial charge in [-0.3, -0.25) is 14.2 Å². The second-order valence-corrected chi connectivity index (χ2v) is 6.56. The Hall–Kier alpha value is -2.31. The predicted molar refractivity (Wildman–Crippen MR) is 98.1 cm³/mol. The Morgan fingerprint density at radius 1 is 1.32 bits per heavy atom. The molecular weight excluding hydrogens is 361 g/mol. The van der Waals surface area contributed by atoms with Gasteiger partial charge in [0.25, 0.3) is 0 Å². The number of rotatable bonds is 5. The molecule has 8 heteroatoms. The van der Waals surface area contributed by atoms with E-state index in [0.717, 1.165) is 11.3 Å². The molecule has 1 unspecified atom stereocenters. The SMILES string of the molecule is Cc1c(Cl)cnn1C(C)C(=O)Nc1ccn(Cc2cccc(Cl)c2)n1. The molecule has 0 aliphatic rings. The zero-order valence-corrected chi connectivity index (χ0v) is 15.3. The molecule has 0 saturated carbocycles. The summed E-state index contributed by atoms with van der Waals surface area (Å²) in [7, 11) is 0. The third-order valence-corrected chi connectivity index (χ3v) is 4.46. The van der Waals surface area contributed by atoms with Crippen molar-refractivity contribution in [3.05, 3.63) is 64.0 Å². The van der Waals surface area contributed by atoms with E-state index in [1.807, 2.05) is 31.2 Å². The van der Waals surface area contributed by atoms with Crippen LogP contribution in [0.2, 0.25) is 10.0 Å². The molecule has 3 rings (SSSR count). The Morgan fingerprint density at radius 2 is 2.12 bits per heavy atom. The minimum Gasteiger partial charge on any atom is -0.307 e. The van der Waals surface area contributed by atoms with Crippen molar-refractivity contribution in [1.29, 1.82) is 0 Å². The maximum atomic E-state index is 12.4. The minimum atomic E-state index is -0.495.